The van der Waals surface area contributed by atoms with Crippen LogP contribution in [0.15, 0.2) is 54.6 Å². The molecule has 0 saturated carbocycles. The van der Waals surface area contributed by atoms with Gasteiger partial charge in [-0.3, -0.25) is 0 Å². The van der Waals surface area contributed by atoms with Gasteiger partial charge in [-0.15, -0.1) is 0 Å². The summed E-state index contributed by atoms with van der Waals surface area (Å²) in [6, 6.07) is 15.0. The summed E-state index contributed by atoms with van der Waals surface area (Å²) in [5.74, 6) is 0.167. The van der Waals surface area contributed by atoms with Gasteiger partial charge in [-0.05, 0) is 34.9 Å². The summed E-state index contributed by atoms with van der Waals surface area (Å²) in [5, 5.41) is 21.2. The number of fused-ring (bicyclic) bond motifs is 1. The minimum Gasteiger partial charge on any atom is -0.624 e. The van der Waals surface area contributed by atoms with Crippen LogP contribution in [0.2, 0.25) is 0 Å². The SMILES string of the molecule is C/[N+]([O-])=C1\C=C(c2ccccc2)c2ccc(O)cc21. The molecule has 3 nitrogen and oxygen atoms in total. The molecule has 0 bridgehead atoms. The second-order valence-electron chi connectivity index (χ2n) is 4.54. The van der Waals surface area contributed by atoms with E-state index in [1.807, 2.05) is 42.5 Å². The lowest BCUT2D eigenvalue weighted by atomic mass is 9.99. The number of aromatic hydroxyl groups is 1. The van der Waals surface area contributed by atoms with E-state index in [9.17, 15) is 10.3 Å². The number of phenolic OH excluding ortho intramolecular Hbond substituents is 1. The topological polar surface area (TPSA) is 46.3 Å². The highest BCUT2D eigenvalue weighted by Crippen LogP contribution is 2.34. The van der Waals surface area contributed by atoms with Crippen LogP contribution >= 0.6 is 0 Å². The van der Waals surface area contributed by atoms with E-state index in [1.165, 1.54) is 7.05 Å². The Hall–Kier alpha value is -2.55. The predicted molar refractivity (Wildman–Crippen MR) is 75.3 cm³/mol. The molecule has 0 radical (unpaired) electrons. The quantitative estimate of drug-likeness (QED) is 0.481. The summed E-state index contributed by atoms with van der Waals surface area (Å²) in [5.41, 5.74) is 4.39. The molecule has 0 atom stereocenters. The molecule has 2 aromatic rings. The van der Waals surface area contributed by atoms with Crippen LogP contribution in [0.1, 0.15) is 16.7 Å². The Morgan fingerprint density at radius 3 is 2.42 bits per heavy atom. The third-order valence-electron chi connectivity index (χ3n) is 3.27. The maximum Gasteiger partial charge on any atom is 0.219 e. The Bertz CT molecular complexity index is 696. The molecule has 0 aliphatic heterocycles. The minimum absolute atomic E-state index is 0.167. The second kappa shape index (κ2) is 4.28. The van der Waals surface area contributed by atoms with Crippen LogP contribution in [0.25, 0.3) is 5.57 Å². The Balaban J connectivity index is 2.25. The fraction of sp³-hybridized carbons (Fsp3) is 0.0625. The van der Waals surface area contributed by atoms with Crippen LogP contribution < -0.4 is 0 Å². The van der Waals surface area contributed by atoms with Gasteiger partial charge in [-0.2, -0.15) is 0 Å². The van der Waals surface area contributed by atoms with Crippen LogP contribution in [0.5, 0.6) is 5.75 Å². The zero-order valence-electron chi connectivity index (χ0n) is 10.5. The first-order valence-corrected chi connectivity index (χ1v) is 6.05. The van der Waals surface area contributed by atoms with E-state index in [0.717, 1.165) is 27.0 Å². The van der Waals surface area contributed by atoms with E-state index in [2.05, 4.69) is 0 Å². The van der Waals surface area contributed by atoms with Gasteiger partial charge in [-0.1, -0.05) is 30.3 Å². The molecule has 94 valence electrons. The smallest absolute Gasteiger partial charge is 0.219 e. The van der Waals surface area contributed by atoms with Gasteiger partial charge in [0.15, 0.2) is 0 Å². The summed E-state index contributed by atoms with van der Waals surface area (Å²) >= 11 is 0. The molecular weight excluding hydrogens is 238 g/mol. The van der Waals surface area contributed by atoms with Crippen molar-refractivity contribution < 1.29 is 9.85 Å². The van der Waals surface area contributed by atoms with Crippen molar-refractivity contribution in [2.24, 2.45) is 0 Å². The number of benzene rings is 2. The minimum atomic E-state index is 0.167. The highest BCUT2D eigenvalue weighted by Gasteiger charge is 2.25. The standard InChI is InChI=1S/C16H13NO2/c1-17(19)16-10-14(11-5-3-2-4-6-11)13-8-7-12(18)9-15(13)16/h2-10,18H,1H3/b17-16-. The molecule has 3 rings (SSSR count). The molecule has 2 aromatic carbocycles. The molecule has 1 N–H and O–H groups in total. The number of rotatable bonds is 1. The zero-order chi connectivity index (χ0) is 13.4. The molecular formula is C16H13NO2. The van der Waals surface area contributed by atoms with E-state index < -0.39 is 0 Å². The molecule has 0 saturated heterocycles. The van der Waals surface area contributed by atoms with Crippen molar-refractivity contribution in [3.05, 3.63) is 76.5 Å². The first-order chi connectivity index (χ1) is 9.16. The Morgan fingerprint density at radius 2 is 1.74 bits per heavy atom. The molecule has 0 amide bonds. The van der Waals surface area contributed by atoms with Crippen molar-refractivity contribution in [3.63, 3.8) is 0 Å². The monoisotopic (exact) mass is 251 g/mol. The van der Waals surface area contributed by atoms with Gasteiger partial charge in [0.05, 0.1) is 5.56 Å². The number of allylic oxidation sites excluding steroid dienone is 1. The van der Waals surface area contributed by atoms with E-state index in [4.69, 9.17) is 0 Å². The van der Waals surface area contributed by atoms with Crippen molar-refractivity contribution in [3.8, 4) is 5.75 Å². The zero-order valence-corrected chi connectivity index (χ0v) is 10.5. The lowest BCUT2D eigenvalue weighted by Gasteiger charge is -2.05. The Labute approximate surface area is 111 Å². The van der Waals surface area contributed by atoms with E-state index in [-0.39, 0.29) is 5.75 Å². The van der Waals surface area contributed by atoms with Gasteiger partial charge in [0.1, 0.15) is 12.8 Å². The highest BCUT2D eigenvalue weighted by atomic mass is 16.5. The molecule has 0 aromatic heterocycles. The van der Waals surface area contributed by atoms with Crippen molar-refractivity contribution in [2.75, 3.05) is 7.05 Å². The van der Waals surface area contributed by atoms with Crippen LogP contribution in [0.4, 0.5) is 0 Å². The normalized spacial score (nSPS) is 15.9. The number of phenols is 1. The van der Waals surface area contributed by atoms with E-state index >= 15 is 0 Å². The summed E-state index contributed by atoms with van der Waals surface area (Å²) in [6.45, 7) is 0. The number of nitrogens with zero attached hydrogens (tertiary/aromatic N) is 1. The predicted octanol–water partition coefficient (Wildman–Crippen LogP) is 2.77. The largest absolute Gasteiger partial charge is 0.624 e. The third kappa shape index (κ3) is 1.89. The van der Waals surface area contributed by atoms with Crippen molar-refractivity contribution in [1.82, 2.24) is 0 Å². The van der Waals surface area contributed by atoms with Crippen LogP contribution in [-0.4, -0.2) is 22.6 Å². The molecule has 0 spiro atoms. The van der Waals surface area contributed by atoms with Crippen LogP contribution in [0.3, 0.4) is 0 Å². The van der Waals surface area contributed by atoms with E-state index in [1.54, 1.807) is 12.1 Å². The third-order valence-corrected chi connectivity index (χ3v) is 3.27. The maximum atomic E-state index is 11.7. The van der Waals surface area contributed by atoms with Crippen LogP contribution in [0, 0.1) is 5.21 Å². The van der Waals surface area contributed by atoms with Gasteiger partial charge >= 0.3 is 0 Å². The first kappa shape index (κ1) is 11.5. The summed E-state index contributed by atoms with van der Waals surface area (Å²) < 4.78 is 0.828. The number of hydrogen-bond acceptors (Lipinski definition) is 2. The van der Waals surface area contributed by atoms with Crippen molar-refractivity contribution in [1.29, 1.82) is 0 Å². The van der Waals surface area contributed by atoms with Crippen LogP contribution in [-0.2, 0) is 0 Å². The highest BCUT2D eigenvalue weighted by molar-refractivity contribution is 6.19. The fourth-order valence-corrected chi connectivity index (χ4v) is 2.39. The first-order valence-electron chi connectivity index (χ1n) is 6.05. The summed E-state index contributed by atoms with van der Waals surface area (Å²) in [7, 11) is 1.47. The fourth-order valence-electron chi connectivity index (χ4n) is 2.39. The average Bonchev–Trinajstić information content (AvgIpc) is 2.78. The number of hydrogen-bond donors (Lipinski definition) is 1. The lowest BCUT2D eigenvalue weighted by molar-refractivity contribution is -0.421. The molecule has 0 fully saturated rings. The number of hydroxylamine groups is 1. The molecule has 3 heteroatoms. The van der Waals surface area contributed by atoms with Gasteiger partial charge in [0.25, 0.3) is 0 Å². The summed E-state index contributed by atoms with van der Waals surface area (Å²) in [4.78, 5) is 0. The Morgan fingerprint density at radius 1 is 1.00 bits per heavy atom. The van der Waals surface area contributed by atoms with E-state index in [0.29, 0.717) is 5.71 Å². The van der Waals surface area contributed by atoms with Gasteiger partial charge in [0, 0.05) is 6.08 Å². The molecule has 1 aliphatic rings. The Kier molecular flexibility index (Phi) is 2.60. The van der Waals surface area contributed by atoms with Crippen molar-refractivity contribution >= 4 is 11.3 Å². The second-order valence-corrected chi connectivity index (χ2v) is 4.54. The van der Waals surface area contributed by atoms with Gasteiger partial charge < -0.3 is 10.3 Å². The molecule has 0 unspecified atom stereocenters. The molecule has 0 heterocycles. The average molecular weight is 251 g/mol. The van der Waals surface area contributed by atoms with Crippen molar-refractivity contribution in [2.45, 2.75) is 0 Å². The summed E-state index contributed by atoms with van der Waals surface area (Å²) in [6.07, 6.45) is 1.87. The molecule has 1 aliphatic carbocycles. The maximum absolute atomic E-state index is 11.7. The lowest BCUT2D eigenvalue weighted by Crippen LogP contribution is -2.08. The van der Waals surface area contributed by atoms with Gasteiger partial charge in [-0.25, -0.2) is 4.74 Å². The van der Waals surface area contributed by atoms with Gasteiger partial charge in [0.2, 0.25) is 5.71 Å². The molecule has 19 heavy (non-hydrogen) atoms.